The molecule has 7 heteroatoms. The third-order valence-electron chi connectivity index (χ3n) is 3.24. The minimum absolute atomic E-state index is 0.0439. The van der Waals surface area contributed by atoms with Crippen molar-refractivity contribution in [3.8, 4) is 11.4 Å². The van der Waals surface area contributed by atoms with E-state index in [0.717, 1.165) is 5.75 Å². The van der Waals surface area contributed by atoms with Crippen molar-refractivity contribution in [2.45, 2.75) is 20.8 Å². The Kier molecular flexibility index (Phi) is 4.98. The molecule has 0 aliphatic rings. The summed E-state index contributed by atoms with van der Waals surface area (Å²) in [5.74, 6) is 0.0475. The standard InChI is InChI=1S/C15H20N4O3/c1-4-18(5-2)14-13(15(20)21)16-19(17-14)11-7-9-12(10-8-11)22-6-3/h7-10H,4-6H2,1-3H3,(H,20,21). The molecular weight excluding hydrogens is 284 g/mol. The zero-order valence-corrected chi connectivity index (χ0v) is 13.0. The molecule has 118 valence electrons. The van der Waals surface area contributed by atoms with E-state index >= 15 is 0 Å². The number of aromatic nitrogens is 3. The number of nitrogens with zero attached hydrogens (tertiary/aromatic N) is 4. The average Bonchev–Trinajstić information content (AvgIpc) is 2.95. The van der Waals surface area contributed by atoms with Gasteiger partial charge in [0.1, 0.15) is 5.75 Å². The average molecular weight is 304 g/mol. The maximum atomic E-state index is 11.4. The van der Waals surface area contributed by atoms with E-state index in [1.54, 1.807) is 24.3 Å². The Morgan fingerprint density at radius 1 is 1.18 bits per heavy atom. The molecule has 0 bridgehead atoms. The summed E-state index contributed by atoms with van der Waals surface area (Å²) in [4.78, 5) is 14.6. The van der Waals surface area contributed by atoms with Gasteiger partial charge in [0.25, 0.3) is 0 Å². The smallest absolute Gasteiger partial charge is 0.360 e. The first kappa shape index (κ1) is 15.8. The Hall–Kier alpha value is -2.57. The minimum Gasteiger partial charge on any atom is -0.494 e. The van der Waals surface area contributed by atoms with Crippen molar-refractivity contribution in [1.82, 2.24) is 15.0 Å². The van der Waals surface area contributed by atoms with Gasteiger partial charge in [0.15, 0.2) is 5.82 Å². The molecule has 0 aliphatic heterocycles. The molecule has 1 aromatic heterocycles. The molecule has 0 aliphatic carbocycles. The van der Waals surface area contributed by atoms with Gasteiger partial charge in [-0.15, -0.1) is 15.0 Å². The van der Waals surface area contributed by atoms with Crippen molar-refractivity contribution in [1.29, 1.82) is 0 Å². The SMILES string of the molecule is CCOc1ccc(-n2nc(C(=O)O)c(N(CC)CC)n2)cc1. The van der Waals surface area contributed by atoms with Gasteiger partial charge in [0, 0.05) is 13.1 Å². The van der Waals surface area contributed by atoms with E-state index in [4.69, 9.17) is 4.74 Å². The van der Waals surface area contributed by atoms with Crippen LogP contribution in [-0.4, -0.2) is 45.8 Å². The molecule has 0 saturated carbocycles. The second kappa shape index (κ2) is 6.93. The zero-order chi connectivity index (χ0) is 16.1. The van der Waals surface area contributed by atoms with E-state index in [1.165, 1.54) is 4.80 Å². The molecule has 2 rings (SSSR count). The lowest BCUT2D eigenvalue weighted by Gasteiger charge is -2.17. The number of ether oxygens (including phenoxy) is 1. The summed E-state index contributed by atoms with van der Waals surface area (Å²) in [7, 11) is 0. The Labute approximate surface area is 129 Å². The van der Waals surface area contributed by atoms with Crippen LogP contribution in [-0.2, 0) is 0 Å². The van der Waals surface area contributed by atoms with E-state index in [-0.39, 0.29) is 5.69 Å². The fourth-order valence-corrected chi connectivity index (χ4v) is 2.13. The fraction of sp³-hybridized carbons (Fsp3) is 0.400. The van der Waals surface area contributed by atoms with Crippen LogP contribution in [0.15, 0.2) is 24.3 Å². The van der Waals surface area contributed by atoms with Crippen molar-refractivity contribution in [2.75, 3.05) is 24.6 Å². The van der Waals surface area contributed by atoms with Gasteiger partial charge < -0.3 is 14.7 Å². The number of hydrogen-bond donors (Lipinski definition) is 1. The maximum absolute atomic E-state index is 11.4. The van der Waals surface area contributed by atoms with Gasteiger partial charge >= 0.3 is 5.97 Å². The first-order chi connectivity index (χ1) is 10.6. The van der Waals surface area contributed by atoms with E-state index in [1.807, 2.05) is 25.7 Å². The molecule has 0 amide bonds. The second-order valence-corrected chi connectivity index (χ2v) is 4.57. The molecule has 0 atom stereocenters. The zero-order valence-electron chi connectivity index (χ0n) is 13.0. The van der Waals surface area contributed by atoms with Crippen LogP contribution < -0.4 is 9.64 Å². The number of carboxylic acids is 1. The molecule has 0 spiro atoms. The van der Waals surface area contributed by atoms with E-state index in [2.05, 4.69) is 10.2 Å². The Balaban J connectivity index is 2.39. The third kappa shape index (κ3) is 3.19. The molecule has 1 heterocycles. The molecule has 0 unspecified atom stereocenters. The van der Waals surface area contributed by atoms with Gasteiger partial charge in [-0.1, -0.05) is 0 Å². The van der Waals surface area contributed by atoms with Crippen molar-refractivity contribution in [2.24, 2.45) is 0 Å². The number of rotatable bonds is 7. The molecule has 0 radical (unpaired) electrons. The van der Waals surface area contributed by atoms with Gasteiger partial charge in [-0.25, -0.2) is 4.79 Å². The van der Waals surface area contributed by atoms with E-state index in [0.29, 0.717) is 31.2 Å². The summed E-state index contributed by atoms with van der Waals surface area (Å²) in [6, 6.07) is 7.20. The number of hydrogen-bond acceptors (Lipinski definition) is 5. The summed E-state index contributed by atoms with van der Waals surface area (Å²) in [6.07, 6.45) is 0. The van der Waals surface area contributed by atoms with Gasteiger partial charge in [-0.2, -0.15) is 0 Å². The highest BCUT2D eigenvalue weighted by Gasteiger charge is 2.22. The lowest BCUT2D eigenvalue weighted by atomic mass is 10.3. The van der Waals surface area contributed by atoms with Crippen LogP contribution in [0.1, 0.15) is 31.3 Å². The molecule has 1 N–H and O–H groups in total. The first-order valence-corrected chi connectivity index (χ1v) is 7.29. The summed E-state index contributed by atoms with van der Waals surface area (Å²) >= 11 is 0. The number of aromatic carboxylic acids is 1. The Morgan fingerprint density at radius 3 is 2.32 bits per heavy atom. The van der Waals surface area contributed by atoms with Gasteiger partial charge in [0.05, 0.1) is 12.3 Å². The van der Waals surface area contributed by atoms with Crippen LogP contribution in [0.25, 0.3) is 5.69 Å². The monoisotopic (exact) mass is 304 g/mol. The van der Waals surface area contributed by atoms with Crippen LogP contribution >= 0.6 is 0 Å². The van der Waals surface area contributed by atoms with Crippen LogP contribution in [0, 0.1) is 0 Å². The first-order valence-electron chi connectivity index (χ1n) is 7.29. The minimum atomic E-state index is -1.08. The number of carboxylic acid groups (broad SMARTS) is 1. The second-order valence-electron chi connectivity index (χ2n) is 4.57. The van der Waals surface area contributed by atoms with Crippen molar-refractivity contribution < 1.29 is 14.6 Å². The number of anilines is 1. The summed E-state index contributed by atoms with van der Waals surface area (Å²) in [5.41, 5.74) is 0.641. The predicted octanol–water partition coefficient (Wildman–Crippen LogP) is 2.21. The van der Waals surface area contributed by atoms with E-state index < -0.39 is 5.97 Å². The Morgan fingerprint density at radius 2 is 1.82 bits per heavy atom. The van der Waals surface area contributed by atoms with Gasteiger partial charge in [-0.3, -0.25) is 0 Å². The van der Waals surface area contributed by atoms with Crippen LogP contribution in [0.4, 0.5) is 5.82 Å². The largest absolute Gasteiger partial charge is 0.494 e. The normalized spacial score (nSPS) is 10.5. The lowest BCUT2D eigenvalue weighted by molar-refractivity contribution is 0.0690. The predicted molar refractivity (Wildman–Crippen MR) is 83.0 cm³/mol. The number of benzene rings is 1. The maximum Gasteiger partial charge on any atom is 0.360 e. The fourth-order valence-electron chi connectivity index (χ4n) is 2.13. The highest BCUT2D eigenvalue weighted by Crippen LogP contribution is 2.19. The van der Waals surface area contributed by atoms with Gasteiger partial charge in [-0.05, 0) is 45.0 Å². The summed E-state index contributed by atoms with van der Waals surface area (Å²) < 4.78 is 5.38. The van der Waals surface area contributed by atoms with Crippen molar-refractivity contribution in [3.63, 3.8) is 0 Å². The van der Waals surface area contributed by atoms with Crippen LogP contribution in [0.3, 0.4) is 0 Å². The molecule has 2 aromatic rings. The van der Waals surface area contributed by atoms with E-state index in [9.17, 15) is 9.90 Å². The molecule has 22 heavy (non-hydrogen) atoms. The van der Waals surface area contributed by atoms with Crippen LogP contribution in [0.5, 0.6) is 5.75 Å². The topological polar surface area (TPSA) is 80.5 Å². The highest BCUT2D eigenvalue weighted by molar-refractivity contribution is 5.91. The summed E-state index contributed by atoms with van der Waals surface area (Å²) in [5, 5.41) is 17.7. The molecule has 0 fully saturated rings. The third-order valence-corrected chi connectivity index (χ3v) is 3.24. The van der Waals surface area contributed by atoms with Crippen molar-refractivity contribution in [3.05, 3.63) is 30.0 Å². The lowest BCUT2D eigenvalue weighted by Crippen LogP contribution is -2.24. The van der Waals surface area contributed by atoms with Crippen molar-refractivity contribution >= 4 is 11.8 Å². The molecule has 7 nitrogen and oxygen atoms in total. The highest BCUT2D eigenvalue weighted by atomic mass is 16.5. The number of carbonyl (C=O) groups is 1. The molecular formula is C15H20N4O3. The molecule has 0 saturated heterocycles. The van der Waals surface area contributed by atoms with Gasteiger partial charge in [0.2, 0.25) is 5.69 Å². The quantitative estimate of drug-likeness (QED) is 0.844. The molecule has 1 aromatic carbocycles. The summed E-state index contributed by atoms with van der Waals surface area (Å²) in [6.45, 7) is 7.74. The Bertz CT molecular complexity index is 633. The van der Waals surface area contributed by atoms with Crippen LogP contribution in [0.2, 0.25) is 0 Å².